The van der Waals surface area contributed by atoms with Crippen molar-refractivity contribution in [3.63, 3.8) is 0 Å². The molecule has 1 aromatic rings. The zero-order chi connectivity index (χ0) is 11.3. The Morgan fingerprint density at radius 2 is 1.56 bits per heavy atom. The molecule has 16 heavy (non-hydrogen) atoms. The average Bonchev–Trinajstić information content (AvgIpc) is 2.78. The number of hydrogen-bond acceptors (Lipinski definition) is 1. The number of fused-ring (bicyclic) bond motifs is 1. The lowest BCUT2D eigenvalue weighted by atomic mass is 9.87. The van der Waals surface area contributed by atoms with E-state index in [0.717, 1.165) is 17.8 Å². The van der Waals surface area contributed by atoms with Crippen LogP contribution < -0.4 is 4.90 Å². The fraction of sp³-hybridized carbons (Fsp3) is 0.600. The molecule has 86 valence electrons. The smallest absolute Gasteiger partial charge is 0.0366 e. The van der Waals surface area contributed by atoms with Crippen molar-refractivity contribution in [3.8, 4) is 0 Å². The summed E-state index contributed by atoms with van der Waals surface area (Å²) < 4.78 is 0. The van der Waals surface area contributed by atoms with Crippen LogP contribution in [0.1, 0.15) is 20.8 Å². The average molecular weight is 215 g/mol. The Labute approximate surface area is 98.5 Å². The number of para-hydroxylation sites is 1. The molecule has 1 heteroatoms. The summed E-state index contributed by atoms with van der Waals surface area (Å²) in [6.45, 7) is 9.72. The highest BCUT2D eigenvalue weighted by atomic mass is 15.2. The first-order valence-corrected chi connectivity index (χ1v) is 6.37. The van der Waals surface area contributed by atoms with Gasteiger partial charge in [-0.3, -0.25) is 0 Å². The molecule has 1 nitrogen and oxygen atoms in total. The Kier molecular flexibility index (Phi) is 2.07. The molecule has 1 heterocycles. The minimum absolute atomic E-state index is 0.512. The third-order valence-corrected chi connectivity index (χ3v) is 4.32. The zero-order valence-electron chi connectivity index (χ0n) is 10.5. The molecule has 0 spiro atoms. The van der Waals surface area contributed by atoms with Gasteiger partial charge in [0.1, 0.15) is 0 Å². The van der Waals surface area contributed by atoms with Crippen molar-refractivity contribution < 1.29 is 0 Å². The molecule has 0 radical (unpaired) electrons. The second-order valence-corrected chi connectivity index (χ2v) is 6.46. The second kappa shape index (κ2) is 3.26. The first kappa shape index (κ1) is 10.2. The van der Waals surface area contributed by atoms with Crippen LogP contribution in [-0.2, 0) is 0 Å². The minimum Gasteiger partial charge on any atom is -0.371 e. The molecule has 3 rings (SSSR count). The van der Waals surface area contributed by atoms with Crippen molar-refractivity contribution in [2.45, 2.75) is 20.8 Å². The highest BCUT2D eigenvalue weighted by molar-refractivity contribution is 5.48. The number of benzene rings is 1. The molecular weight excluding hydrogens is 194 g/mol. The van der Waals surface area contributed by atoms with Crippen LogP contribution in [-0.4, -0.2) is 13.1 Å². The van der Waals surface area contributed by atoms with Gasteiger partial charge in [0.25, 0.3) is 0 Å². The summed E-state index contributed by atoms with van der Waals surface area (Å²) in [6, 6.07) is 10.8. The highest BCUT2D eigenvalue weighted by Crippen LogP contribution is 2.60. The standard InChI is InChI=1S/C15H21N/c1-15(2,3)14-12-9-16(10-13(12)14)11-7-5-4-6-8-11/h4-8,12-14H,9-10H2,1-3H3. The summed E-state index contributed by atoms with van der Waals surface area (Å²) in [5.74, 6) is 2.88. The Balaban J connectivity index is 1.68. The van der Waals surface area contributed by atoms with Crippen LogP contribution in [0.3, 0.4) is 0 Å². The maximum absolute atomic E-state index is 2.55. The Bertz CT molecular complexity index is 364. The largest absolute Gasteiger partial charge is 0.371 e. The molecule has 1 aromatic carbocycles. The third-order valence-electron chi connectivity index (χ3n) is 4.32. The zero-order valence-corrected chi connectivity index (χ0v) is 10.5. The van der Waals surface area contributed by atoms with Gasteiger partial charge in [-0.05, 0) is 35.3 Å². The van der Waals surface area contributed by atoms with Gasteiger partial charge in [-0.1, -0.05) is 39.0 Å². The van der Waals surface area contributed by atoms with E-state index in [-0.39, 0.29) is 0 Å². The van der Waals surface area contributed by atoms with E-state index in [9.17, 15) is 0 Å². The number of anilines is 1. The van der Waals surface area contributed by atoms with Crippen LogP contribution in [0.4, 0.5) is 5.69 Å². The predicted molar refractivity (Wildman–Crippen MR) is 68.6 cm³/mol. The fourth-order valence-corrected chi connectivity index (χ4v) is 3.66. The molecule has 0 aromatic heterocycles. The van der Waals surface area contributed by atoms with Gasteiger partial charge in [0.2, 0.25) is 0 Å². The van der Waals surface area contributed by atoms with E-state index in [4.69, 9.17) is 0 Å². The first-order valence-electron chi connectivity index (χ1n) is 6.37. The van der Waals surface area contributed by atoms with E-state index in [1.807, 2.05) is 0 Å². The van der Waals surface area contributed by atoms with Crippen LogP contribution in [0.5, 0.6) is 0 Å². The van der Waals surface area contributed by atoms with Crippen LogP contribution in [0.2, 0.25) is 0 Å². The van der Waals surface area contributed by atoms with Gasteiger partial charge in [0.15, 0.2) is 0 Å². The van der Waals surface area contributed by atoms with Crippen molar-refractivity contribution in [1.82, 2.24) is 0 Å². The van der Waals surface area contributed by atoms with Gasteiger partial charge in [-0.15, -0.1) is 0 Å². The first-order chi connectivity index (χ1) is 7.57. The number of rotatable bonds is 1. The van der Waals surface area contributed by atoms with Crippen LogP contribution >= 0.6 is 0 Å². The number of nitrogens with zero attached hydrogens (tertiary/aromatic N) is 1. The van der Waals surface area contributed by atoms with Crippen molar-refractivity contribution in [2.75, 3.05) is 18.0 Å². The maximum Gasteiger partial charge on any atom is 0.0366 e. The van der Waals surface area contributed by atoms with Crippen molar-refractivity contribution in [1.29, 1.82) is 0 Å². The van der Waals surface area contributed by atoms with Crippen molar-refractivity contribution >= 4 is 5.69 Å². The van der Waals surface area contributed by atoms with Crippen molar-refractivity contribution in [3.05, 3.63) is 30.3 Å². The molecule has 2 fully saturated rings. The molecule has 1 aliphatic heterocycles. The van der Waals surface area contributed by atoms with E-state index < -0.39 is 0 Å². The van der Waals surface area contributed by atoms with E-state index in [0.29, 0.717) is 5.41 Å². The van der Waals surface area contributed by atoms with Gasteiger partial charge in [-0.2, -0.15) is 0 Å². The lowest BCUT2D eigenvalue weighted by Gasteiger charge is -2.27. The Morgan fingerprint density at radius 3 is 2.06 bits per heavy atom. The lowest BCUT2D eigenvalue weighted by molar-refractivity contribution is 0.309. The SMILES string of the molecule is CC(C)(C)C1C2CN(c3ccccc3)CC21. The summed E-state index contributed by atoms with van der Waals surface area (Å²) in [6.07, 6.45) is 0. The summed E-state index contributed by atoms with van der Waals surface area (Å²) in [7, 11) is 0. The van der Waals surface area contributed by atoms with Gasteiger partial charge in [0, 0.05) is 18.8 Å². The molecule has 0 N–H and O–H groups in total. The summed E-state index contributed by atoms with van der Waals surface area (Å²) in [4.78, 5) is 2.55. The van der Waals surface area contributed by atoms with Crippen LogP contribution in [0, 0.1) is 23.2 Å². The minimum atomic E-state index is 0.512. The third kappa shape index (κ3) is 1.53. The summed E-state index contributed by atoms with van der Waals surface area (Å²) in [5, 5.41) is 0. The Morgan fingerprint density at radius 1 is 1.00 bits per heavy atom. The highest BCUT2D eigenvalue weighted by Gasteiger charge is 2.59. The number of hydrogen-bond donors (Lipinski definition) is 0. The van der Waals surface area contributed by atoms with Gasteiger partial charge >= 0.3 is 0 Å². The summed E-state index contributed by atoms with van der Waals surface area (Å²) in [5.41, 5.74) is 1.92. The van der Waals surface area contributed by atoms with Crippen LogP contribution in [0.25, 0.3) is 0 Å². The molecule has 0 amide bonds. The monoisotopic (exact) mass is 215 g/mol. The van der Waals surface area contributed by atoms with Gasteiger partial charge in [0.05, 0.1) is 0 Å². The molecule has 1 saturated heterocycles. The molecular formula is C15H21N. The number of piperidine rings is 1. The lowest BCUT2D eigenvalue weighted by Crippen LogP contribution is -2.27. The summed E-state index contributed by atoms with van der Waals surface area (Å²) >= 11 is 0. The molecule has 2 unspecified atom stereocenters. The fourth-order valence-electron chi connectivity index (χ4n) is 3.66. The van der Waals surface area contributed by atoms with Crippen LogP contribution in [0.15, 0.2) is 30.3 Å². The van der Waals surface area contributed by atoms with E-state index in [2.05, 4.69) is 56.0 Å². The maximum atomic E-state index is 2.55. The molecule has 2 atom stereocenters. The predicted octanol–water partition coefficient (Wildman–Crippen LogP) is 3.41. The molecule has 0 bridgehead atoms. The van der Waals surface area contributed by atoms with Crippen molar-refractivity contribution in [2.24, 2.45) is 23.2 Å². The van der Waals surface area contributed by atoms with E-state index in [1.54, 1.807) is 0 Å². The van der Waals surface area contributed by atoms with Gasteiger partial charge < -0.3 is 4.90 Å². The second-order valence-electron chi connectivity index (χ2n) is 6.46. The topological polar surface area (TPSA) is 3.24 Å². The van der Waals surface area contributed by atoms with Gasteiger partial charge in [-0.25, -0.2) is 0 Å². The molecule has 1 saturated carbocycles. The van der Waals surface area contributed by atoms with E-state index in [1.165, 1.54) is 18.8 Å². The quantitative estimate of drug-likeness (QED) is 0.694. The van der Waals surface area contributed by atoms with E-state index >= 15 is 0 Å². The molecule has 1 aliphatic carbocycles. The Hall–Kier alpha value is -0.980. The molecule has 2 aliphatic rings. The normalized spacial score (nSPS) is 32.7.